The van der Waals surface area contributed by atoms with Gasteiger partial charge >= 0.3 is 12.1 Å². The number of aliphatic hydroxyl groups excluding tert-OH is 1. The highest BCUT2D eigenvalue weighted by Gasteiger charge is 2.32. The van der Waals surface area contributed by atoms with E-state index >= 15 is 0 Å². The summed E-state index contributed by atoms with van der Waals surface area (Å²) in [7, 11) is 3.25. The zero-order valence-electron chi connectivity index (χ0n) is 25.8. The highest BCUT2D eigenvalue weighted by atomic mass is 16.5. The third-order valence-electron chi connectivity index (χ3n) is 7.59. The monoisotopic (exact) mass is 608 g/mol. The Morgan fingerprint density at radius 3 is 2.48 bits per heavy atom. The molecular formula is C31H40N6O7. The van der Waals surface area contributed by atoms with E-state index in [1.165, 1.54) is 4.90 Å². The van der Waals surface area contributed by atoms with Crippen molar-refractivity contribution in [2.45, 2.75) is 46.3 Å². The number of aryl methyl sites for hydroxylation is 2. The molecule has 13 heteroatoms. The minimum absolute atomic E-state index is 0.00604. The van der Waals surface area contributed by atoms with Gasteiger partial charge in [0.2, 0.25) is 5.91 Å². The summed E-state index contributed by atoms with van der Waals surface area (Å²) in [5.74, 6) is 1.24. The van der Waals surface area contributed by atoms with Crippen LogP contribution in [0.3, 0.4) is 0 Å². The molecular weight excluding hydrogens is 568 g/mol. The average Bonchev–Trinajstić information content (AvgIpc) is 3.33. The molecule has 4 N–H and O–H groups in total. The standard InChI is InChI=1S/C31H40N6O7/c1-18-15-37(19(2)17-38)28(39)14-22-13-24(32-30(40)34-29-20(3)35-44-21(29)4)9-12-26(22)43-27(18)16-36(5)31(41)33-23-7-10-25(42-6)11-8-23/h7-13,18-19,27,38H,14-17H2,1-6H3,(H,33,41)(H2,32,34,40)/t18-,19+,27-/m1/s1. The molecule has 0 spiro atoms. The highest BCUT2D eigenvalue weighted by molar-refractivity contribution is 6.00. The van der Waals surface area contributed by atoms with Crippen molar-refractivity contribution in [1.82, 2.24) is 15.0 Å². The van der Waals surface area contributed by atoms with Gasteiger partial charge in [-0.05, 0) is 63.2 Å². The molecule has 0 fully saturated rings. The van der Waals surface area contributed by atoms with E-state index in [1.807, 2.05) is 6.92 Å². The number of likely N-dealkylation sites (N-methyl/N-ethyl adjacent to an activating group) is 1. The topological polar surface area (TPSA) is 158 Å². The van der Waals surface area contributed by atoms with E-state index in [0.717, 1.165) is 0 Å². The molecule has 2 aromatic carbocycles. The molecule has 0 unspecified atom stereocenters. The molecule has 5 amide bonds. The first-order valence-electron chi connectivity index (χ1n) is 14.4. The van der Waals surface area contributed by atoms with Gasteiger partial charge in [0.1, 0.15) is 29.0 Å². The Morgan fingerprint density at radius 2 is 1.84 bits per heavy atom. The van der Waals surface area contributed by atoms with Gasteiger partial charge in [0.05, 0.1) is 32.7 Å². The number of carbonyl (C=O) groups excluding carboxylic acids is 3. The maximum atomic E-state index is 13.5. The largest absolute Gasteiger partial charge is 0.497 e. The number of aromatic nitrogens is 1. The molecule has 1 aliphatic heterocycles. The van der Waals surface area contributed by atoms with E-state index in [0.29, 0.717) is 52.1 Å². The van der Waals surface area contributed by atoms with E-state index < -0.39 is 18.2 Å². The van der Waals surface area contributed by atoms with E-state index in [-0.39, 0.29) is 37.4 Å². The van der Waals surface area contributed by atoms with Crippen LogP contribution < -0.4 is 25.4 Å². The van der Waals surface area contributed by atoms with E-state index in [1.54, 1.807) is 82.3 Å². The number of urea groups is 2. The third-order valence-corrected chi connectivity index (χ3v) is 7.59. The Morgan fingerprint density at radius 1 is 1.14 bits per heavy atom. The Balaban J connectivity index is 1.55. The van der Waals surface area contributed by atoms with Gasteiger partial charge < -0.3 is 44.9 Å². The molecule has 3 aromatic rings. The van der Waals surface area contributed by atoms with Crippen LogP contribution in [0.4, 0.5) is 26.7 Å². The molecule has 0 aliphatic carbocycles. The molecule has 0 saturated heterocycles. The second kappa shape index (κ2) is 14.1. The lowest BCUT2D eigenvalue weighted by molar-refractivity contribution is -0.134. The molecule has 13 nitrogen and oxygen atoms in total. The molecule has 0 bridgehead atoms. The molecule has 0 radical (unpaired) electrons. The Bertz CT molecular complexity index is 1460. The van der Waals surface area contributed by atoms with E-state index in [2.05, 4.69) is 21.1 Å². The predicted molar refractivity (Wildman–Crippen MR) is 165 cm³/mol. The number of hydrogen-bond donors (Lipinski definition) is 4. The number of rotatable bonds is 8. The maximum absolute atomic E-state index is 13.5. The van der Waals surface area contributed by atoms with Crippen LogP contribution in [0.15, 0.2) is 47.0 Å². The van der Waals surface area contributed by atoms with Gasteiger partial charge in [0.15, 0.2) is 5.76 Å². The molecule has 1 aromatic heterocycles. The minimum Gasteiger partial charge on any atom is -0.497 e. The Kier molecular flexibility index (Phi) is 10.3. The summed E-state index contributed by atoms with van der Waals surface area (Å²) in [6.45, 7) is 7.49. The van der Waals surface area contributed by atoms with Crippen LogP contribution in [-0.2, 0) is 11.2 Å². The quantitative estimate of drug-likeness (QED) is 0.295. The molecule has 4 rings (SSSR count). The summed E-state index contributed by atoms with van der Waals surface area (Å²) >= 11 is 0. The zero-order valence-corrected chi connectivity index (χ0v) is 25.8. The van der Waals surface area contributed by atoms with Crippen LogP contribution in [0.5, 0.6) is 11.5 Å². The van der Waals surface area contributed by atoms with Gasteiger partial charge in [-0.1, -0.05) is 12.1 Å². The number of fused-ring (bicyclic) bond motifs is 1. The summed E-state index contributed by atoms with van der Waals surface area (Å²) < 4.78 is 16.8. The van der Waals surface area contributed by atoms with E-state index in [4.69, 9.17) is 14.0 Å². The van der Waals surface area contributed by atoms with Crippen LogP contribution in [0.25, 0.3) is 0 Å². The van der Waals surface area contributed by atoms with Crippen molar-refractivity contribution in [2.24, 2.45) is 5.92 Å². The lowest BCUT2D eigenvalue weighted by Crippen LogP contribution is -2.48. The van der Waals surface area contributed by atoms with E-state index in [9.17, 15) is 19.5 Å². The fourth-order valence-electron chi connectivity index (χ4n) is 4.91. The van der Waals surface area contributed by atoms with Crippen LogP contribution in [0.2, 0.25) is 0 Å². The molecule has 1 aliphatic rings. The van der Waals surface area contributed by atoms with Gasteiger partial charge in [-0.3, -0.25) is 4.79 Å². The SMILES string of the molecule is COc1ccc(NC(=O)N(C)C[C@H]2Oc3ccc(NC(=O)Nc4c(C)noc4C)cc3CC(=O)N([C@@H](C)CO)C[C@H]2C)cc1. The average molecular weight is 609 g/mol. The summed E-state index contributed by atoms with van der Waals surface area (Å²) in [4.78, 5) is 42.5. The molecule has 3 atom stereocenters. The third kappa shape index (κ3) is 7.78. The summed E-state index contributed by atoms with van der Waals surface area (Å²) in [6.07, 6.45) is -0.505. The van der Waals surface area contributed by atoms with Crippen LogP contribution in [0.1, 0.15) is 30.9 Å². The lowest BCUT2D eigenvalue weighted by Gasteiger charge is -2.34. The number of hydrogen-bond acceptors (Lipinski definition) is 8. The van der Waals surface area contributed by atoms with Crippen LogP contribution >= 0.6 is 0 Å². The number of benzene rings is 2. The van der Waals surface area contributed by atoms with Crippen molar-refractivity contribution in [3.63, 3.8) is 0 Å². The number of nitrogens with one attached hydrogen (secondary N) is 3. The first-order valence-corrected chi connectivity index (χ1v) is 14.4. The summed E-state index contributed by atoms with van der Waals surface area (Å²) in [5, 5.41) is 22.1. The first-order chi connectivity index (χ1) is 21.0. The number of aliphatic hydroxyl groups is 1. The van der Waals surface area contributed by atoms with Gasteiger partial charge in [0, 0.05) is 36.4 Å². The first kappa shape index (κ1) is 32.1. The number of amides is 5. The van der Waals surface area contributed by atoms with Gasteiger partial charge in [-0.2, -0.15) is 0 Å². The van der Waals surface area contributed by atoms with Crippen molar-refractivity contribution in [3.8, 4) is 11.5 Å². The second-order valence-electron chi connectivity index (χ2n) is 11.0. The Hall–Kier alpha value is -4.78. The van der Waals surface area contributed by atoms with Gasteiger partial charge in [-0.15, -0.1) is 0 Å². The van der Waals surface area contributed by atoms with Gasteiger partial charge in [0.25, 0.3) is 0 Å². The fourth-order valence-corrected chi connectivity index (χ4v) is 4.91. The summed E-state index contributed by atoms with van der Waals surface area (Å²) in [5.41, 5.74) is 2.65. The summed E-state index contributed by atoms with van der Waals surface area (Å²) in [6, 6.07) is 10.8. The molecule has 44 heavy (non-hydrogen) atoms. The second-order valence-corrected chi connectivity index (χ2v) is 11.0. The molecule has 0 saturated carbocycles. The smallest absolute Gasteiger partial charge is 0.323 e. The Labute approximate surface area is 256 Å². The highest BCUT2D eigenvalue weighted by Crippen LogP contribution is 2.30. The number of carbonyl (C=O) groups is 3. The lowest BCUT2D eigenvalue weighted by atomic mass is 10.0. The van der Waals surface area contributed by atoms with Crippen molar-refractivity contribution in [2.75, 3.05) is 49.8 Å². The maximum Gasteiger partial charge on any atom is 0.323 e. The van der Waals surface area contributed by atoms with Crippen molar-refractivity contribution in [1.29, 1.82) is 0 Å². The number of nitrogens with zero attached hydrogens (tertiary/aromatic N) is 3. The van der Waals surface area contributed by atoms with Crippen LogP contribution in [-0.4, -0.2) is 84.0 Å². The molecule has 2 heterocycles. The number of methoxy groups -OCH3 is 1. The predicted octanol–water partition coefficient (Wildman–Crippen LogP) is 4.26. The minimum atomic E-state index is -0.499. The van der Waals surface area contributed by atoms with Crippen LogP contribution in [0, 0.1) is 19.8 Å². The molecule has 236 valence electrons. The van der Waals surface area contributed by atoms with Gasteiger partial charge in [-0.25, -0.2) is 9.59 Å². The van der Waals surface area contributed by atoms with Crippen molar-refractivity contribution in [3.05, 3.63) is 59.5 Å². The number of anilines is 3. The van der Waals surface area contributed by atoms with Crippen molar-refractivity contribution >= 4 is 35.0 Å². The number of ether oxygens (including phenoxy) is 2. The zero-order chi connectivity index (χ0) is 32.0. The van der Waals surface area contributed by atoms with Crippen molar-refractivity contribution < 1.29 is 33.5 Å². The fraction of sp³-hybridized carbons (Fsp3) is 0.419. The normalized spacial score (nSPS) is 17.2.